The van der Waals surface area contributed by atoms with Crippen LogP contribution in [0.25, 0.3) is 0 Å². The molecule has 2 rings (SSSR count). The second-order valence-corrected chi connectivity index (χ2v) is 4.43. The van der Waals surface area contributed by atoms with E-state index in [4.69, 9.17) is 16.3 Å². The van der Waals surface area contributed by atoms with E-state index in [1.54, 1.807) is 13.2 Å². The zero-order valence-electron chi connectivity index (χ0n) is 9.21. The van der Waals surface area contributed by atoms with E-state index in [0.29, 0.717) is 5.02 Å². The Morgan fingerprint density at radius 3 is 2.69 bits per heavy atom. The summed E-state index contributed by atoms with van der Waals surface area (Å²) in [7, 11) is 1.60. The first-order valence-corrected chi connectivity index (χ1v) is 5.44. The molecule has 3 nitrogen and oxygen atoms in total. The summed E-state index contributed by atoms with van der Waals surface area (Å²) in [5.41, 5.74) is 1.44. The minimum Gasteiger partial charge on any atom is -0.496 e. The van der Waals surface area contributed by atoms with Gasteiger partial charge in [-0.3, -0.25) is 0 Å². The highest BCUT2D eigenvalue weighted by molar-refractivity contribution is 6.31. The van der Waals surface area contributed by atoms with Crippen LogP contribution in [0.1, 0.15) is 24.0 Å². The topological polar surface area (TPSA) is 38.7 Å². The lowest BCUT2D eigenvalue weighted by Gasteiger charge is -2.13. The highest BCUT2D eigenvalue weighted by atomic mass is 35.5. The largest absolute Gasteiger partial charge is 0.496 e. The lowest BCUT2D eigenvalue weighted by Crippen LogP contribution is -2.03. The molecule has 0 atom stereocenters. The Kier molecular flexibility index (Phi) is 2.75. The Hall–Kier alpha value is -1.31. The summed E-state index contributed by atoms with van der Waals surface area (Å²) in [6.45, 7) is 1.90. The van der Waals surface area contributed by atoms with Crippen molar-refractivity contribution in [1.29, 1.82) is 0 Å². The molecule has 0 radical (unpaired) electrons. The maximum Gasteiger partial charge on any atom is 0.235 e. The third-order valence-corrected chi connectivity index (χ3v) is 3.43. The molecule has 16 heavy (non-hydrogen) atoms. The van der Waals surface area contributed by atoms with Crippen LogP contribution in [-0.4, -0.2) is 13.2 Å². The number of halogens is 1. The van der Waals surface area contributed by atoms with E-state index >= 15 is 0 Å². The molecule has 1 aromatic rings. The van der Waals surface area contributed by atoms with Crippen molar-refractivity contribution in [2.75, 3.05) is 7.11 Å². The fraction of sp³-hybridized carbons (Fsp3) is 0.417. The lowest BCUT2D eigenvalue weighted by molar-refractivity contribution is 0.410. The van der Waals surface area contributed by atoms with Crippen molar-refractivity contribution in [1.82, 2.24) is 0 Å². The molecule has 0 heterocycles. The lowest BCUT2D eigenvalue weighted by atomic mass is 10.0. The first-order valence-electron chi connectivity index (χ1n) is 5.06. The van der Waals surface area contributed by atoms with Crippen LogP contribution in [0.3, 0.4) is 0 Å². The van der Waals surface area contributed by atoms with E-state index in [2.05, 4.69) is 4.99 Å². The van der Waals surface area contributed by atoms with Crippen LogP contribution in [0.5, 0.6) is 5.75 Å². The van der Waals surface area contributed by atoms with Crippen LogP contribution in [0.2, 0.25) is 5.02 Å². The normalized spacial score (nSPS) is 16.4. The number of hydrogen-bond acceptors (Lipinski definition) is 3. The average molecular weight is 238 g/mol. The van der Waals surface area contributed by atoms with Crippen molar-refractivity contribution in [3.05, 3.63) is 28.3 Å². The third-order valence-electron chi connectivity index (χ3n) is 3.04. The van der Waals surface area contributed by atoms with E-state index in [0.717, 1.165) is 29.7 Å². The second-order valence-electron chi connectivity index (χ2n) is 4.02. The summed E-state index contributed by atoms with van der Waals surface area (Å²) in [6, 6.07) is 3.75. The Bertz CT molecular complexity index is 474. The van der Waals surface area contributed by atoms with E-state index < -0.39 is 5.54 Å². The van der Waals surface area contributed by atoms with Crippen LogP contribution in [0, 0.1) is 6.92 Å². The first-order chi connectivity index (χ1) is 7.63. The number of rotatable bonds is 3. The number of hydrogen-bond donors (Lipinski definition) is 0. The number of benzene rings is 1. The molecule has 0 bridgehead atoms. The molecule has 4 heteroatoms. The van der Waals surface area contributed by atoms with Gasteiger partial charge in [-0.1, -0.05) is 11.6 Å². The monoisotopic (exact) mass is 237 g/mol. The van der Waals surface area contributed by atoms with Gasteiger partial charge in [0.25, 0.3) is 0 Å². The summed E-state index contributed by atoms with van der Waals surface area (Å²) in [5, 5.41) is 0.640. The molecule has 0 saturated heterocycles. The predicted octanol–water partition coefficient (Wildman–Crippen LogP) is 2.98. The molecule has 1 aliphatic carbocycles. The molecule has 0 amide bonds. The molecule has 84 valence electrons. The molecule has 1 aliphatic rings. The highest BCUT2D eigenvalue weighted by Gasteiger charge is 2.45. The molecule has 0 N–H and O–H groups in total. The predicted molar refractivity (Wildman–Crippen MR) is 61.8 cm³/mol. The van der Waals surface area contributed by atoms with E-state index in [1.165, 1.54) is 0 Å². The molecular weight excluding hydrogens is 226 g/mol. The molecule has 0 unspecified atom stereocenters. The van der Waals surface area contributed by atoms with Crippen LogP contribution in [0.15, 0.2) is 17.1 Å². The fourth-order valence-electron chi connectivity index (χ4n) is 1.81. The summed E-state index contributed by atoms with van der Waals surface area (Å²) in [4.78, 5) is 14.2. The SMILES string of the molecule is COc1cc(C2(N=C=O)CC2)cc(Cl)c1C. The van der Waals surface area contributed by atoms with Gasteiger partial charge >= 0.3 is 0 Å². The van der Waals surface area contributed by atoms with Crippen molar-refractivity contribution in [2.45, 2.75) is 25.3 Å². The molecule has 0 spiro atoms. The van der Waals surface area contributed by atoms with Gasteiger partial charge in [0.2, 0.25) is 6.08 Å². The van der Waals surface area contributed by atoms with Gasteiger partial charge in [-0.15, -0.1) is 0 Å². The van der Waals surface area contributed by atoms with Gasteiger partial charge in [0.1, 0.15) is 5.75 Å². The van der Waals surface area contributed by atoms with Crippen molar-refractivity contribution >= 4 is 17.7 Å². The third kappa shape index (κ3) is 1.73. The summed E-state index contributed by atoms with van der Waals surface area (Å²) < 4.78 is 5.24. The van der Waals surface area contributed by atoms with Crippen molar-refractivity contribution in [3.63, 3.8) is 0 Å². The van der Waals surface area contributed by atoms with Crippen LogP contribution in [-0.2, 0) is 10.3 Å². The molecule has 0 aliphatic heterocycles. The number of aliphatic imine (C=N–C) groups is 1. The van der Waals surface area contributed by atoms with Gasteiger partial charge in [0.15, 0.2) is 0 Å². The quantitative estimate of drug-likeness (QED) is 0.599. The van der Waals surface area contributed by atoms with Gasteiger partial charge in [-0.05, 0) is 37.5 Å². The molecule has 0 aromatic heterocycles. The van der Waals surface area contributed by atoms with E-state index in [-0.39, 0.29) is 0 Å². The van der Waals surface area contributed by atoms with Gasteiger partial charge in [0, 0.05) is 10.6 Å². The number of methoxy groups -OCH3 is 1. The van der Waals surface area contributed by atoms with Crippen LogP contribution >= 0.6 is 11.6 Å². The van der Waals surface area contributed by atoms with E-state index in [9.17, 15) is 4.79 Å². The van der Waals surface area contributed by atoms with Gasteiger partial charge in [0.05, 0.1) is 12.6 Å². The van der Waals surface area contributed by atoms with Crippen LogP contribution < -0.4 is 4.74 Å². The zero-order chi connectivity index (χ0) is 11.8. The Labute approximate surface area is 99.1 Å². The number of ether oxygens (including phenoxy) is 1. The van der Waals surface area contributed by atoms with Crippen molar-refractivity contribution < 1.29 is 9.53 Å². The minimum atomic E-state index is -0.396. The van der Waals surface area contributed by atoms with E-state index in [1.807, 2.05) is 19.1 Å². The van der Waals surface area contributed by atoms with Crippen LogP contribution in [0.4, 0.5) is 0 Å². The average Bonchev–Trinajstić information content (AvgIpc) is 3.03. The number of nitrogens with zero attached hydrogens (tertiary/aromatic N) is 1. The van der Waals surface area contributed by atoms with Gasteiger partial charge in [-0.25, -0.2) is 4.79 Å². The maximum absolute atomic E-state index is 10.4. The molecule has 1 saturated carbocycles. The Morgan fingerprint density at radius 2 is 2.19 bits per heavy atom. The molecular formula is C12H12ClNO2. The number of isocyanates is 1. The maximum atomic E-state index is 10.4. The zero-order valence-corrected chi connectivity index (χ0v) is 9.97. The fourth-order valence-corrected chi connectivity index (χ4v) is 2.02. The standard InChI is InChI=1S/C12H12ClNO2/c1-8-10(13)5-9(6-11(8)16-2)12(3-4-12)14-7-15/h5-6H,3-4H2,1-2H3. The van der Waals surface area contributed by atoms with Gasteiger partial charge in [-0.2, -0.15) is 4.99 Å². The first kappa shape index (κ1) is 11.2. The second kappa shape index (κ2) is 3.93. The Balaban J connectivity index is 2.51. The minimum absolute atomic E-state index is 0.396. The smallest absolute Gasteiger partial charge is 0.235 e. The highest BCUT2D eigenvalue weighted by Crippen LogP contribution is 2.50. The van der Waals surface area contributed by atoms with Crippen molar-refractivity contribution in [2.24, 2.45) is 4.99 Å². The summed E-state index contributed by atoms with van der Waals surface area (Å²) in [6.07, 6.45) is 3.36. The summed E-state index contributed by atoms with van der Waals surface area (Å²) >= 11 is 6.11. The number of carbonyl (C=O) groups excluding carboxylic acids is 1. The molecule has 1 fully saturated rings. The summed E-state index contributed by atoms with van der Waals surface area (Å²) in [5.74, 6) is 0.731. The molecule has 1 aromatic carbocycles. The van der Waals surface area contributed by atoms with Gasteiger partial charge < -0.3 is 4.74 Å². The van der Waals surface area contributed by atoms with Crippen molar-refractivity contribution in [3.8, 4) is 5.75 Å². The Morgan fingerprint density at radius 1 is 1.50 bits per heavy atom.